The molecule has 2 aromatic carbocycles. The summed E-state index contributed by atoms with van der Waals surface area (Å²) in [6, 6.07) is 20.3. The minimum absolute atomic E-state index is 0.185. The molecule has 104 valence electrons. The van der Waals surface area contributed by atoms with Crippen LogP contribution in [0.3, 0.4) is 0 Å². The molecule has 1 fully saturated rings. The SMILES string of the molecule is N#CC1CCN2c3ccccc3Cc3ccccc3C2C1. The van der Waals surface area contributed by atoms with Gasteiger partial charge in [-0.25, -0.2) is 0 Å². The molecule has 2 unspecified atom stereocenters. The normalized spacial score (nSPS) is 23.3. The average molecular weight is 274 g/mol. The van der Waals surface area contributed by atoms with E-state index in [9.17, 15) is 5.26 Å². The number of para-hydroxylation sites is 1. The fourth-order valence-corrected chi connectivity index (χ4v) is 3.83. The van der Waals surface area contributed by atoms with Crippen LogP contribution < -0.4 is 4.90 Å². The third-order valence-corrected chi connectivity index (χ3v) is 4.88. The van der Waals surface area contributed by atoms with Crippen LogP contribution in [0.4, 0.5) is 5.69 Å². The van der Waals surface area contributed by atoms with E-state index in [1.54, 1.807) is 0 Å². The van der Waals surface area contributed by atoms with E-state index in [-0.39, 0.29) is 5.92 Å². The Hall–Kier alpha value is -2.27. The van der Waals surface area contributed by atoms with Gasteiger partial charge in [0.15, 0.2) is 0 Å². The minimum atomic E-state index is 0.185. The smallest absolute Gasteiger partial charge is 0.0657 e. The van der Waals surface area contributed by atoms with Crippen LogP contribution in [0.15, 0.2) is 48.5 Å². The molecular formula is C19H18N2. The summed E-state index contributed by atoms with van der Waals surface area (Å²) in [6.07, 6.45) is 2.92. The van der Waals surface area contributed by atoms with Crippen LogP contribution in [0.25, 0.3) is 0 Å². The Kier molecular flexibility index (Phi) is 2.93. The van der Waals surface area contributed by atoms with Gasteiger partial charge in [0, 0.05) is 12.2 Å². The van der Waals surface area contributed by atoms with Gasteiger partial charge in [-0.05, 0) is 42.0 Å². The van der Waals surface area contributed by atoms with Gasteiger partial charge in [0.1, 0.15) is 0 Å². The van der Waals surface area contributed by atoms with Gasteiger partial charge in [0.05, 0.1) is 18.0 Å². The van der Waals surface area contributed by atoms with Crippen molar-refractivity contribution >= 4 is 5.69 Å². The highest BCUT2D eigenvalue weighted by atomic mass is 15.2. The first-order valence-electron chi connectivity index (χ1n) is 7.69. The van der Waals surface area contributed by atoms with Crippen LogP contribution in [0.1, 0.15) is 35.6 Å². The molecule has 2 heterocycles. The lowest BCUT2D eigenvalue weighted by Crippen LogP contribution is -2.36. The highest BCUT2D eigenvalue weighted by molar-refractivity contribution is 5.60. The van der Waals surface area contributed by atoms with Crippen LogP contribution >= 0.6 is 0 Å². The number of fused-ring (bicyclic) bond motifs is 5. The molecule has 2 atom stereocenters. The molecule has 0 spiro atoms. The molecule has 2 aromatic rings. The fraction of sp³-hybridized carbons (Fsp3) is 0.316. The summed E-state index contributed by atoms with van der Waals surface area (Å²) in [6.45, 7) is 0.980. The van der Waals surface area contributed by atoms with Crippen molar-refractivity contribution in [1.82, 2.24) is 0 Å². The van der Waals surface area contributed by atoms with Gasteiger partial charge in [-0.3, -0.25) is 0 Å². The van der Waals surface area contributed by atoms with Crippen LogP contribution in [0.2, 0.25) is 0 Å². The van der Waals surface area contributed by atoms with Crippen molar-refractivity contribution < 1.29 is 0 Å². The molecule has 2 aliphatic heterocycles. The molecule has 2 nitrogen and oxygen atoms in total. The number of benzene rings is 2. The monoisotopic (exact) mass is 274 g/mol. The average Bonchev–Trinajstić information content (AvgIpc) is 2.69. The van der Waals surface area contributed by atoms with Gasteiger partial charge in [-0.1, -0.05) is 42.5 Å². The largest absolute Gasteiger partial charge is 0.364 e. The molecular weight excluding hydrogens is 256 g/mol. The highest BCUT2D eigenvalue weighted by Gasteiger charge is 2.33. The van der Waals surface area contributed by atoms with E-state index < -0.39 is 0 Å². The van der Waals surface area contributed by atoms with Gasteiger partial charge >= 0.3 is 0 Å². The summed E-state index contributed by atoms with van der Waals surface area (Å²) in [5.74, 6) is 0.185. The van der Waals surface area contributed by atoms with Crippen LogP contribution in [0, 0.1) is 17.2 Å². The van der Waals surface area contributed by atoms with E-state index in [1.807, 2.05) is 0 Å². The van der Waals surface area contributed by atoms with Crippen molar-refractivity contribution in [2.24, 2.45) is 5.92 Å². The van der Waals surface area contributed by atoms with Crippen molar-refractivity contribution in [2.75, 3.05) is 11.4 Å². The van der Waals surface area contributed by atoms with Crippen molar-refractivity contribution in [3.63, 3.8) is 0 Å². The zero-order chi connectivity index (χ0) is 14.2. The molecule has 0 bridgehead atoms. The van der Waals surface area contributed by atoms with Gasteiger partial charge < -0.3 is 4.90 Å². The summed E-state index contributed by atoms with van der Waals surface area (Å²) >= 11 is 0. The standard InChI is InChI=1S/C19H18N2/c20-13-14-9-10-21-18-8-4-2-6-16(18)12-15-5-1-3-7-17(15)19(21)11-14/h1-8,14,19H,9-12H2. The molecule has 0 amide bonds. The number of nitrogens with zero attached hydrogens (tertiary/aromatic N) is 2. The Morgan fingerprint density at radius 2 is 1.76 bits per heavy atom. The Balaban J connectivity index is 1.88. The van der Waals surface area contributed by atoms with Crippen LogP contribution in [-0.4, -0.2) is 6.54 Å². The zero-order valence-electron chi connectivity index (χ0n) is 12.0. The van der Waals surface area contributed by atoms with E-state index in [2.05, 4.69) is 59.5 Å². The number of rotatable bonds is 0. The predicted octanol–water partition coefficient (Wildman–Crippen LogP) is 4.07. The summed E-state index contributed by atoms with van der Waals surface area (Å²) in [5, 5.41) is 9.33. The Morgan fingerprint density at radius 3 is 2.62 bits per heavy atom. The van der Waals surface area contributed by atoms with Crippen molar-refractivity contribution in [2.45, 2.75) is 25.3 Å². The molecule has 0 aliphatic carbocycles. The Labute approximate surface area is 125 Å². The van der Waals surface area contributed by atoms with E-state index >= 15 is 0 Å². The maximum Gasteiger partial charge on any atom is 0.0657 e. The number of anilines is 1. The molecule has 0 N–H and O–H groups in total. The third kappa shape index (κ3) is 2.01. The predicted molar refractivity (Wildman–Crippen MR) is 84.1 cm³/mol. The summed E-state index contributed by atoms with van der Waals surface area (Å²) < 4.78 is 0. The van der Waals surface area contributed by atoms with Gasteiger partial charge in [-0.2, -0.15) is 5.26 Å². The lowest BCUT2D eigenvalue weighted by Gasteiger charge is -2.39. The first-order chi connectivity index (χ1) is 10.4. The number of hydrogen-bond donors (Lipinski definition) is 0. The van der Waals surface area contributed by atoms with Gasteiger partial charge in [0.2, 0.25) is 0 Å². The molecule has 2 aliphatic rings. The maximum absolute atomic E-state index is 9.33. The Morgan fingerprint density at radius 1 is 1.00 bits per heavy atom. The number of hydrogen-bond acceptors (Lipinski definition) is 2. The minimum Gasteiger partial charge on any atom is -0.364 e. The molecule has 2 heteroatoms. The molecule has 21 heavy (non-hydrogen) atoms. The molecule has 1 saturated heterocycles. The number of nitriles is 1. The fourth-order valence-electron chi connectivity index (χ4n) is 3.83. The molecule has 0 saturated carbocycles. The first kappa shape index (κ1) is 12.5. The van der Waals surface area contributed by atoms with E-state index in [4.69, 9.17) is 0 Å². The first-order valence-corrected chi connectivity index (χ1v) is 7.69. The second-order valence-electron chi connectivity index (χ2n) is 6.06. The van der Waals surface area contributed by atoms with Crippen LogP contribution in [-0.2, 0) is 6.42 Å². The lowest BCUT2D eigenvalue weighted by atomic mass is 9.86. The second kappa shape index (κ2) is 4.93. The van der Waals surface area contributed by atoms with E-state index in [1.165, 1.54) is 22.4 Å². The lowest BCUT2D eigenvalue weighted by molar-refractivity contribution is 0.406. The zero-order valence-corrected chi connectivity index (χ0v) is 12.0. The van der Waals surface area contributed by atoms with E-state index in [0.29, 0.717) is 6.04 Å². The third-order valence-electron chi connectivity index (χ3n) is 4.88. The summed E-state index contributed by atoms with van der Waals surface area (Å²) in [7, 11) is 0. The van der Waals surface area contributed by atoms with Crippen molar-refractivity contribution in [3.8, 4) is 6.07 Å². The molecule has 4 rings (SSSR count). The van der Waals surface area contributed by atoms with Crippen molar-refractivity contribution in [1.29, 1.82) is 5.26 Å². The summed E-state index contributed by atoms with van der Waals surface area (Å²) in [5.41, 5.74) is 5.59. The van der Waals surface area contributed by atoms with E-state index in [0.717, 1.165) is 25.8 Å². The van der Waals surface area contributed by atoms with Crippen LogP contribution in [0.5, 0.6) is 0 Å². The summed E-state index contributed by atoms with van der Waals surface area (Å²) in [4.78, 5) is 2.52. The van der Waals surface area contributed by atoms with Gasteiger partial charge in [-0.15, -0.1) is 0 Å². The van der Waals surface area contributed by atoms with Crippen molar-refractivity contribution in [3.05, 3.63) is 65.2 Å². The topological polar surface area (TPSA) is 27.0 Å². The maximum atomic E-state index is 9.33. The molecule has 0 aromatic heterocycles. The van der Waals surface area contributed by atoms with Gasteiger partial charge in [0.25, 0.3) is 0 Å². The highest BCUT2D eigenvalue weighted by Crippen LogP contribution is 2.43. The number of piperidine rings is 1. The quantitative estimate of drug-likeness (QED) is 0.724. The second-order valence-corrected chi connectivity index (χ2v) is 6.06. The molecule has 0 radical (unpaired) electrons. The Bertz CT molecular complexity index is 714.